The average Bonchev–Trinajstić information content (AvgIpc) is 2.92. The Morgan fingerprint density at radius 1 is 1.19 bits per heavy atom. The Balaban J connectivity index is 1.79. The lowest BCUT2D eigenvalue weighted by Crippen LogP contribution is -2.44. The molecule has 0 bridgehead atoms. The number of sulfonamides is 1. The first kappa shape index (κ1) is 19.3. The highest BCUT2D eigenvalue weighted by Gasteiger charge is 2.32. The first-order chi connectivity index (χ1) is 12.3. The lowest BCUT2D eigenvalue weighted by Gasteiger charge is -2.21. The summed E-state index contributed by atoms with van der Waals surface area (Å²) < 4.78 is 31.5. The van der Waals surface area contributed by atoms with Crippen molar-refractivity contribution in [3.63, 3.8) is 0 Å². The predicted molar refractivity (Wildman–Crippen MR) is 102 cm³/mol. The van der Waals surface area contributed by atoms with Crippen molar-refractivity contribution in [2.75, 3.05) is 17.1 Å². The van der Waals surface area contributed by atoms with E-state index in [-0.39, 0.29) is 24.9 Å². The van der Waals surface area contributed by atoms with Crippen LogP contribution in [0, 0.1) is 0 Å². The molecular formula is C18H25ClN2O4S. The lowest BCUT2D eigenvalue weighted by molar-refractivity contribution is -0.128. The summed E-state index contributed by atoms with van der Waals surface area (Å²) >= 11 is 6.03. The number of carbonyl (C=O) groups is 1. The number of anilines is 1. The zero-order valence-corrected chi connectivity index (χ0v) is 16.5. The molecule has 1 N–H and O–H groups in total. The van der Waals surface area contributed by atoms with E-state index < -0.39 is 16.1 Å². The molecule has 8 heteroatoms. The Hall–Kier alpha value is -1.47. The van der Waals surface area contributed by atoms with Gasteiger partial charge in [0.25, 0.3) is 5.91 Å². The fourth-order valence-electron chi connectivity index (χ4n) is 3.60. The second-order valence-electron chi connectivity index (χ2n) is 7.04. The van der Waals surface area contributed by atoms with Gasteiger partial charge in [0, 0.05) is 24.0 Å². The van der Waals surface area contributed by atoms with Gasteiger partial charge >= 0.3 is 0 Å². The Morgan fingerprint density at radius 3 is 2.54 bits per heavy atom. The number of halogens is 1. The Kier molecular flexibility index (Phi) is 5.97. The summed E-state index contributed by atoms with van der Waals surface area (Å²) in [5.41, 5.74) is 0.379. The van der Waals surface area contributed by atoms with Crippen molar-refractivity contribution in [3.05, 3.63) is 23.2 Å². The van der Waals surface area contributed by atoms with E-state index in [1.54, 1.807) is 18.2 Å². The van der Waals surface area contributed by atoms with Gasteiger partial charge in [-0.05, 0) is 31.0 Å². The molecular weight excluding hydrogens is 376 g/mol. The van der Waals surface area contributed by atoms with E-state index >= 15 is 0 Å². The van der Waals surface area contributed by atoms with Crippen LogP contribution in [0.5, 0.6) is 5.75 Å². The zero-order chi connectivity index (χ0) is 18.7. The number of rotatable bonds is 3. The molecule has 0 aromatic heterocycles. The van der Waals surface area contributed by atoms with Crippen LogP contribution in [0.15, 0.2) is 18.2 Å². The molecule has 0 radical (unpaired) electrons. The fourth-order valence-corrected chi connectivity index (χ4v) is 4.70. The summed E-state index contributed by atoms with van der Waals surface area (Å²) in [5.74, 6) is 0.187. The number of carbonyl (C=O) groups excluding carboxylic acids is 1. The number of nitrogens with zero attached hydrogens (tertiary/aromatic N) is 1. The third-order valence-electron chi connectivity index (χ3n) is 4.95. The van der Waals surface area contributed by atoms with Crippen LogP contribution in [-0.4, -0.2) is 39.3 Å². The van der Waals surface area contributed by atoms with Crippen LogP contribution in [0.3, 0.4) is 0 Å². The van der Waals surface area contributed by atoms with Gasteiger partial charge in [-0.2, -0.15) is 0 Å². The fraction of sp³-hybridized carbons (Fsp3) is 0.611. The van der Waals surface area contributed by atoms with Crippen LogP contribution >= 0.6 is 11.6 Å². The first-order valence-corrected chi connectivity index (χ1v) is 11.3. The number of nitrogens with one attached hydrogen (secondary N) is 1. The highest BCUT2D eigenvalue weighted by atomic mass is 35.5. The highest BCUT2D eigenvalue weighted by molar-refractivity contribution is 7.92. The molecule has 1 aromatic rings. The van der Waals surface area contributed by atoms with Crippen LogP contribution < -0.4 is 14.4 Å². The van der Waals surface area contributed by atoms with Crippen LogP contribution in [0.2, 0.25) is 5.02 Å². The molecule has 1 fully saturated rings. The van der Waals surface area contributed by atoms with Crippen molar-refractivity contribution in [2.24, 2.45) is 0 Å². The summed E-state index contributed by atoms with van der Waals surface area (Å²) in [5, 5.41) is 3.51. The normalized spacial score (nSPS) is 21.9. The molecule has 1 aliphatic heterocycles. The van der Waals surface area contributed by atoms with Gasteiger partial charge in [-0.25, -0.2) is 8.42 Å². The molecule has 144 valence electrons. The van der Waals surface area contributed by atoms with Crippen molar-refractivity contribution in [3.8, 4) is 5.75 Å². The highest BCUT2D eigenvalue weighted by Crippen LogP contribution is 2.36. The van der Waals surface area contributed by atoms with E-state index in [4.69, 9.17) is 16.3 Å². The largest absolute Gasteiger partial charge is 0.478 e. The third kappa shape index (κ3) is 4.62. The molecule has 0 saturated heterocycles. The minimum atomic E-state index is -3.50. The number of benzene rings is 1. The molecule has 1 amide bonds. The van der Waals surface area contributed by atoms with Gasteiger partial charge in [0.15, 0.2) is 6.10 Å². The second-order valence-corrected chi connectivity index (χ2v) is 9.38. The smallest absolute Gasteiger partial charge is 0.261 e. The number of ether oxygens (including phenoxy) is 1. The van der Waals surface area contributed by atoms with E-state index in [0.29, 0.717) is 16.5 Å². The minimum absolute atomic E-state index is 0.173. The van der Waals surface area contributed by atoms with E-state index in [0.717, 1.165) is 31.9 Å². The maximum absolute atomic E-state index is 12.7. The molecule has 1 atom stereocenters. The molecule has 1 aliphatic carbocycles. The van der Waals surface area contributed by atoms with Gasteiger partial charge < -0.3 is 10.1 Å². The third-order valence-corrected chi connectivity index (χ3v) is 6.36. The predicted octanol–water partition coefficient (Wildman–Crippen LogP) is 3.10. The molecule has 3 rings (SSSR count). The number of hydrogen-bond donors (Lipinski definition) is 1. The Labute approximate surface area is 159 Å². The van der Waals surface area contributed by atoms with Crippen LogP contribution in [-0.2, 0) is 14.8 Å². The Morgan fingerprint density at radius 2 is 1.88 bits per heavy atom. The SMILES string of the molecule is CS(=O)(=O)N1CC[C@H](C(=O)NC2CCCCCC2)Oc2ccc(Cl)cc21. The summed E-state index contributed by atoms with van der Waals surface area (Å²) in [6, 6.07) is 4.98. The minimum Gasteiger partial charge on any atom is -0.478 e. The van der Waals surface area contributed by atoms with Crippen molar-refractivity contribution < 1.29 is 17.9 Å². The maximum atomic E-state index is 12.7. The van der Waals surface area contributed by atoms with Gasteiger partial charge in [0.2, 0.25) is 10.0 Å². The second kappa shape index (κ2) is 8.05. The molecule has 6 nitrogen and oxygen atoms in total. The van der Waals surface area contributed by atoms with Crippen LogP contribution in [0.4, 0.5) is 5.69 Å². The molecule has 0 spiro atoms. The molecule has 0 unspecified atom stereocenters. The summed E-state index contributed by atoms with van der Waals surface area (Å²) in [7, 11) is -3.50. The summed E-state index contributed by atoms with van der Waals surface area (Å²) in [6.45, 7) is 0.176. The van der Waals surface area contributed by atoms with Gasteiger partial charge in [0.05, 0.1) is 11.9 Å². The van der Waals surface area contributed by atoms with Crippen molar-refractivity contribution in [2.45, 2.75) is 57.1 Å². The van der Waals surface area contributed by atoms with Crippen molar-refractivity contribution >= 4 is 33.2 Å². The maximum Gasteiger partial charge on any atom is 0.261 e. The standard InChI is InChI=1S/C18H25ClN2O4S/c1-26(23,24)21-11-10-17(25-16-9-8-13(19)12-15(16)21)18(22)20-14-6-4-2-3-5-7-14/h8-9,12,14,17H,2-7,10-11H2,1H3,(H,20,22)/t17-/m1/s1. The average molecular weight is 401 g/mol. The van der Waals surface area contributed by atoms with Crippen LogP contribution in [0.1, 0.15) is 44.9 Å². The van der Waals surface area contributed by atoms with Crippen LogP contribution in [0.25, 0.3) is 0 Å². The molecule has 26 heavy (non-hydrogen) atoms. The zero-order valence-electron chi connectivity index (χ0n) is 14.9. The lowest BCUT2D eigenvalue weighted by atomic mass is 10.1. The molecule has 1 aromatic carbocycles. The quantitative estimate of drug-likeness (QED) is 0.791. The van der Waals surface area contributed by atoms with Gasteiger partial charge in [-0.3, -0.25) is 9.10 Å². The summed E-state index contributed by atoms with van der Waals surface area (Å²) in [6.07, 6.45) is 7.36. The molecule has 1 saturated carbocycles. The number of hydrogen-bond acceptors (Lipinski definition) is 4. The number of amides is 1. The topological polar surface area (TPSA) is 75.7 Å². The van der Waals surface area contributed by atoms with E-state index in [1.165, 1.54) is 17.1 Å². The van der Waals surface area contributed by atoms with Crippen molar-refractivity contribution in [1.82, 2.24) is 5.32 Å². The number of fused-ring (bicyclic) bond motifs is 1. The van der Waals surface area contributed by atoms with E-state index in [1.807, 2.05) is 0 Å². The monoisotopic (exact) mass is 400 g/mol. The van der Waals surface area contributed by atoms with Crippen molar-refractivity contribution in [1.29, 1.82) is 0 Å². The molecule has 2 aliphatic rings. The van der Waals surface area contributed by atoms with Gasteiger partial charge in [0.1, 0.15) is 5.75 Å². The van der Waals surface area contributed by atoms with E-state index in [9.17, 15) is 13.2 Å². The first-order valence-electron chi connectivity index (χ1n) is 9.09. The van der Waals surface area contributed by atoms with Gasteiger partial charge in [-0.15, -0.1) is 0 Å². The van der Waals surface area contributed by atoms with Gasteiger partial charge in [-0.1, -0.05) is 37.3 Å². The summed E-state index contributed by atoms with van der Waals surface area (Å²) in [4.78, 5) is 12.7. The molecule has 1 heterocycles. The Bertz CT molecular complexity index is 760. The van der Waals surface area contributed by atoms with E-state index in [2.05, 4.69) is 5.32 Å².